The van der Waals surface area contributed by atoms with Crippen LogP contribution in [0.15, 0.2) is 12.7 Å². The molecule has 0 saturated carbocycles. The number of imidazole rings is 1. The number of nitrogen functional groups attached to an aromatic ring is 1. The number of nitrogens with zero attached hydrogens (tertiary/aromatic N) is 5. The summed E-state index contributed by atoms with van der Waals surface area (Å²) in [7, 11) is -16.4. The molecule has 11 N–H and O–H groups in total. The van der Waals surface area contributed by atoms with Crippen molar-refractivity contribution in [1.29, 1.82) is 0 Å². The highest BCUT2D eigenvalue weighted by Gasteiger charge is 2.51. The number of carbonyl (C=O) groups is 3. The van der Waals surface area contributed by atoms with Gasteiger partial charge in [-0.2, -0.15) is 4.31 Å². The van der Waals surface area contributed by atoms with Gasteiger partial charge in [0, 0.05) is 18.4 Å². The Kier molecular flexibility index (Phi) is 14.7. The maximum atomic E-state index is 12.7. The van der Waals surface area contributed by atoms with Crippen LogP contribution in [0.3, 0.4) is 0 Å². The minimum Gasteiger partial charge on any atom is -0.386 e. The second kappa shape index (κ2) is 17.9. The maximum absolute atomic E-state index is 12.7. The first-order valence-corrected chi connectivity index (χ1v) is 21.6. The molecule has 2 aliphatic heterocycles. The molecule has 2 aromatic heterocycles. The topological polar surface area (TPSA) is 396 Å². The van der Waals surface area contributed by atoms with E-state index >= 15 is 0 Å². The highest BCUT2D eigenvalue weighted by molar-refractivity contribution is 8.07. The van der Waals surface area contributed by atoms with Crippen molar-refractivity contribution in [2.75, 3.05) is 37.8 Å². The average Bonchev–Trinajstić information content (AvgIpc) is 3.72. The standard InChI is InChI=1S/C24H39N8O19P3S/c1-12-23(37)55(50-32(12)38)7-6-26-14(33)4-5-27-21(36)18(35)24(2,3)9-47-54(44,45)51-53(42,43)46-8-13-17(49-52(39,40)41)16(34)22(48-13)31-11-30-15-19(25)28-10-29-20(15)31/h10-13,16-18,22,34-35,38H,4-9H2,1-3H3,(H7-,25,26,27,28,29,33,36,39,40,41,42,43,44,45)/p+1/t12?,13-,16-,17-,18+,22-,55?/m1/s1. The molecule has 2 saturated heterocycles. The molecule has 0 bridgehead atoms. The molecule has 310 valence electrons. The Balaban J connectivity index is 1.25. The van der Waals surface area contributed by atoms with Crippen LogP contribution in [0, 0.1) is 5.41 Å². The van der Waals surface area contributed by atoms with Gasteiger partial charge in [0.25, 0.3) is 11.2 Å². The van der Waals surface area contributed by atoms with E-state index in [4.69, 9.17) is 23.8 Å². The number of aromatic nitrogens is 4. The smallest absolute Gasteiger partial charge is 0.386 e. The van der Waals surface area contributed by atoms with Gasteiger partial charge < -0.3 is 50.9 Å². The second-order valence-electron chi connectivity index (χ2n) is 12.5. The van der Waals surface area contributed by atoms with Gasteiger partial charge in [0.2, 0.25) is 11.8 Å². The molecule has 2 amide bonds. The molecule has 2 aromatic rings. The maximum Gasteiger partial charge on any atom is 0.481 e. The van der Waals surface area contributed by atoms with E-state index in [2.05, 4.69) is 34.4 Å². The van der Waals surface area contributed by atoms with E-state index in [9.17, 15) is 63.1 Å². The zero-order valence-corrected chi connectivity index (χ0v) is 32.5. The molecule has 4 unspecified atom stereocenters. The van der Waals surface area contributed by atoms with Gasteiger partial charge in [0.15, 0.2) is 29.5 Å². The molecule has 0 aromatic carbocycles. The van der Waals surface area contributed by atoms with Crippen molar-refractivity contribution < 1.29 is 90.0 Å². The van der Waals surface area contributed by atoms with Gasteiger partial charge in [-0.15, -0.1) is 0 Å². The number of hydroxylamine groups is 2. The van der Waals surface area contributed by atoms with Crippen LogP contribution in [-0.2, 0) is 66.2 Å². The number of phosphoric acid groups is 3. The summed E-state index contributed by atoms with van der Waals surface area (Å²) in [6.07, 6.45) is -7.07. The van der Waals surface area contributed by atoms with Crippen LogP contribution in [0.5, 0.6) is 0 Å². The first kappa shape index (κ1) is 45.1. The molecule has 4 heterocycles. The fourth-order valence-electron chi connectivity index (χ4n) is 4.83. The van der Waals surface area contributed by atoms with Crippen LogP contribution in [0.2, 0.25) is 0 Å². The normalized spacial score (nSPS) is 26.5. The number of phosphoric ester groups is 3. The number of amides is 2. The van der Waals surface area contributed by atoms with Crippen LogP contribution in [-0.4, -0.2) is 139 Å². The molecule has 0 spiro atoms. The first-order valence-electron chi connectivity index (χ1n) is 15.7. The third kappa shape index (κ3) is 12.0. The minimum absolute atomic E-state index is 0.0226. The second-order valence-corrected chi connectivity index (χ2v) is 18.4. The number of rotatable bonds is 19. The number of hydrogen-bond acceptors (Lipinski definition) is 20. The lowest BCUT2D eigenvalue weighted by Gasteiger charge is -2.30. The molecular weight excluding hydrogens is 829 g/mol. The Hall–Kier alpha value is -2.56. The van der Waals surface area contributed by atoms with Gasteiger partial charge in [0.05, 0.1) is 26.1 Å². The van der Waals surface area contributed by atoms with Gasteiger partial charge >= 0.3 is 28.6 Å². The number of ether oxygens (including phenoxy) is 1. The van der Waals surface area contributed by atoms with Gasteiger partial charge in [-0.3, -0.25) is 32.9 Å². The van der Waals surface area contributed by atoms with Gasteiger partial charge in [-0.05, 0) is 16.4 Å². The van der Waals surface area contributed by atoms with Gasteiger partial charge in [0.1, 0.15) is 36.3 Å². The third-order valence-corrected chi connectivity index (χ3v) is 12.5. The number of hydrogen-bond donors (Lipinski definition) is 10. The van der Waals surface area contributed by atoms with E-state index in [0.717, 1.165) is 17.2 Å². The van der Waals surface area contributed by atoms with Crippen molar-refractivity contribution in [3.8, 4) is 0 Å². The fourth-order valence-corrected chi connectivity index (χ4v) is 9.08. The van der Waals surface area contributed by atoms with Crippen LogP contribution in [0.25, 0.3) is 11.2 Å². The number of anilines is 1. The molecule has 27 nitrogen and oxygen atoms in total. The van der Waals surface area contributed by atoms with Crippen LogP contribution < -0.4 is 16.4 Å². The molecule has 55 heavy (non-hydrogen) atoms. The van der Waals surface area contributed by atoms with E-state index in [-0.39, 0.29) is 47.4 Å². The van der Waals surface area contributed by atoms with Crippen molar-refractivity contribution in [1.82, 2.24) is 35.4 Å². The first-order chi connectivity index (χ1) is 25.4. The average molecular weight is 870 g/mol. The summed E-state index contributed by atoms with van der Waals surface area (Å²) >= 11 is -1.24. The highest BCUT2D eigenvalue weighted by Crippen LogP contribution is 2.61. The highest BCUT2D eigenvalue weighted by atomic mass is 32.2. The molecule has 0 aliphatic carbocycles. The Morgan fingerprint density at radius 2 is 1.76 bits per heavy atom. The van der Waals surface area contributed by atoms with Crippen LogP contribution >= 0.6 is 23.5 Å². The number of carbonyl (C=O) groups excluding carboxylic acids is 3. The van der Waals surface area contributed by atoms with Crippen molar-refractivity contribution in [2.45, 2.75) is 63.9 Å². The van der Waals surface area contributed by atoms with E-state index in [1.807, 2.05) is 0 Å². The number of nitrogens with one attached hydrogen (secondary N) is 2. The van der Waals surface area contributed by atoms with Gasteiger partial charge in [-0.25, -0.2) is 33.4 Å². The summed E-state index contributed by atoms with van der Waals surface area (Å²) in [5.41, 5.74) is 4.21. The van der Waals surface area contributed by atoms with E-state index in [1.54, 1.807) is 0 Å². The van der Waals surface area contributed by atoms with Crippen molar-refractivity contribution in [2.24, 2.45) is 5.41 Å². The molecule has 31 heteroatoms. The Morgan fingerprint density at radius 1 is 1.09 bits per heavy atom. The monoisotopic (exact) mass is 869 g/mol. The summed E-state index contributed by atoms with van der Waals surface area (Å²) < 4.78 is 66.9. The molecular formula is C24H40N8O19P3S+. The van der Waals surface area contributed by atoms with E-state index in [1.165, 1.54) is 20.8 Å². The summed E-state index contributed by atoms with van der Waals surface area (Å²) in [6, 6.07) is -0.837. The predicted molar refractivity (Wildman–Crippen MR) is 181 cm³/mol. The summed E-state index contributed by atoms with van der Waals surface area (Å²) in [5.74, 6) is -1.48. The van der Waals surface area contributed by atoms with Crippen LogP contribution in [0.1, 0.15) is 33.4 Å². The zero-order chi connectivity index (χ0) is 41.1. The SMILES string of the molecule is CC1C(=O)[S+](CCNC(=O)CCNC(=O)[C@H](O)C(C)(C)COP(=O)(O)OP(=O)(O)OC[C@H]2O[C@@H](n3cnc4c(N)ncnc43)[C@H](O)[C@@H]2OP(=O)(O)O)ON1O. The number of aliphatic hydroxyl groups excluding tert-OH is 2. The molecule has 2 aliphatic rings. The molecule has 2 fully saturated rings. The largest absolute Gasteiger partial charge is 0.481 e. The van der Waals surface area contributed by atoms with Crippen LogP contribution in [0.4, 0.5) is 5.82 Å². The summed E-state index contributed by atoms with van der Waals surface area (Å²) in [6.45, 7) is 1.63. The lowest BCUT2D eigenvalue weighted by molar-refractivity contribution is -0.280. The van der Waals surface area contributed by atoms with Gasteiger partial charge in [-0.1, -0.05) is 13.8 Å². The number of nitrogens with two attached hydrogens (primary N) is 1. The Bertz CT molecular complexity index is 1870. The molecule has 9 atom stereocenters. The third-order valence-electron chi connectivity index (χ3n) is 7.75. The number of aliphatic hydroxyl groups is 2. The Labute approximate surface area is 313 Å². The Morgan fingerprint density at radius 3 is 2.40 bits per heavy atom. The molecule has 0 radical (unpaired) electrons. The predicted octanol–water partition coefficient (Wildman–Crippen LogP) is -2.51. The quantitative estimate of drug-likeness (QED) is 0.0515. The fraction of sp³-hybridized carbons (Fsp3) is 0.667. The van der Waals surface area contributed by atoms with Crippen molar-refractivity contribution in [3.05, 3.63) is 12.7 Å². The van der Waals surface area contributed by atoms with E-state index < -0.39 is 102 Å². The van der Waals surface area contributed by atoms with Crippen molar-refractivity contribution >= 4 is 68.6 Å². The number of fused-ring (bicyclic) bond motifs is 1. The summed E-state index contributed by atoms with van der Waals surface area (Å²) in [4.78, 5) is 87.4. The summed E-state index contributed by atoms with van der Waals surface area (Å²) in [5, 5.41) is 35.7. The minimum atomic E-state index is -5.58. The zero-order valence-electron chi connectivity index (χ0n) is 29.0. The lowest BCUT2D eigenvalue weighted by atomic mass is 9.87. The lowest BCUT2D eigenvalue weighted by Crippen LogP contribution is -2.46. The van der Waals surface area contributed by atoms with E-state index in [0.29, 0.717) is 5.23 Å². The van der Waals surface area contributed by atoms with Crippen molar-refractivity contribution in [3.63, 3.8) is 0 Å². The molecule has 4 rings (SSSR count).